The van der Waals surface area contributed by atoms with Gasteiger partial charge >= 0.3 is 7.75 Å². The first kappa shape index (κ1) is 26.8. The van der Waals surface area contributed by atoms with Crippen LogP contribution in [0.2, 0.25) is 0 Å². The van der Waals surface area contributed by atoms with Crippen molar-refractivity contribution >= 4 is 7.75 Å². The Morgan fingerprint density at radius 1 is 0.865 bits per heavy atom. The first-order valence-electron chi connectivity index (χ1n) is 12.3. The summed E-state index contributed by atoms with van der Waals surface area (Å²) in [4.78, 5) is 4.59. The molecule has 1 aromatic heterocycles. The van der Waals surface area contributed by atoms with Gasteiger partial charge in [0, 0.05) is 25.9 Å². The Morgan fingerprint density at radius 2 is 1.46 bits per heavy atom. The lowest BCUT2D eigenvalue weighted by atomic mass is 9.91. The van der Waals surface area contributed by atoms with Gasteiger partial charge in [-0.05, 0) is 49.2 Å². The molecule has 3 atom stereocenters. The van der Waals surface area contributed by atoms with Crippen molar-refractivity contribution < 1.29 is 18.3 Å². The second-order valence-corrected chi connectivity index (χ2v) is 10.8. The van der Waals surface area contributed by atoms with Crippen LogP contribution in [0.3, 0.4) is 0 Å². The number of hydrogen-bond donors (Lipinski definition) is 0. The highest BCUT2D eigenvalue weighted by molar-refractivity contribution is 7.51. The fourth-order valence-corrected chi connectivity index (χ4v) is 5.95. The molecule has 37 heavy (non-hydrogen) atoms. The first-order chi connectivity index (χ1) is 18.0. The molecule has 0 spiro atoms. The summed E-state index contributed by atoms with van der Waals surface area (Å²) in [5.41, 5.74) is 1.96. The highest BCUT2D eigenvalue weighted by Crippen LogP contribution is 2.55. The molecule has 1 heterocycles. The number of pyridine rings is 1. The summed E-state index contributed by atoms with van der Waals surface area (Å²) in [6.45, 7) is 4.55. The van der Waals surface area contributed by atoms with Crippen molar-refractivity contribution in [2.45, 2.75) is 25.5 Å². The molecule has 0 aliphatic rings. The molecule has 0 saturated heterocycles. The Bertz CT molecular complexity index is 1230. The minimum atomic E-state index is -3.74. The van der Waals surface area contributed by atoms with Crippen LogP contribution in [0.4, 0.5) is 0 Å². The first-order valence-corrected chi connectivity index (χ1v) is 13.8. The summed E-state index contributed by atoms with van der Waals surface area (Å²) in [5, 5.41) is 0. The third kappa shape index (κ3) is 6.35. The summed E-state index contributed by atoms with van der Waals surface area (Å²) in [7, 11) is -2.33. The normalized spacial score (nSPS) is 15.5. The highest BCUT2D eigenvalue weighted by atomic mass is 31.2. The number of rotatable bonds is 12. The van der Waals surface area contributed by atoms with Crippen molar-refractivity contribution in [3.63, 3.8) is 0 Å². The van der Waals surface area contributed by atoms with Crippen LogP contribution in [0.25, 0.3) is 0 Å². The molecule has 0 fully saturated rings. The zero-order chi connectivity index (χ0) is 26.1. The van der Waals surface area contributed by atoms with Crippen molar-refractivity contribution in [3.05, 3.63) is 132 Å². The predicted molar refractivity (Wildman–Crippen MR) is 146 cm³/mol. The van der Waals surface area contributed by atoms with Crippen molar-refractivity contribution in [1.82, 2.24) is 9.65 Å². The quantitative estimate of drug-likeness (QED) is 0.185. The van der Waals surface area contributed by atoms with Crippen molar-refractivity contribution in [2.75, 3.05) is 20.3 Å². The zero-order valence-electron chi connectivity index (χ0n) is 21.4. The number of hydrogen-bond acceptors (Lipinski definition) is 5. The molecule has 7 heteroatoms. The zero-order valence-corrected chi connectivity index (χ0v) is 22.3. The maximum absolute atomic E-state index is 14.2. The van der Waals surface area contributed by atoms with E-state index in [4.69, 9.17) is 13.8 Å². The Labute approximate surface area is 219 Å². The van der Waals surface area contributed by atoms with Crippen LogP contribution in [0.15, 0.2) is 115 Å². The smallest absolute Gasteiger partial charge is 0.413 e. The number of nitrogens with zero attached hydrogens (tertiary/aromatic N) is 2. The van der Waals surface area contributed by atoms with E-state index in [1.54, 1.807) is 23.0 Å². The topological polar surface area (TPSA) is 60.9 Å². The monoisotopic (exact) mass is 516 g/mol. The molecule has 4 rings (SSSR count). The van der Waals surface area contributed by atoms with Gasteiger partial charge in [-0.3, -0.25) is 9.51 Å². The van der Waals surface area contributed by atoms with E-state index < -0.39 is 13.3 Å². The van der Waals surface area contributed by atoms with Gasteiger partial charge in [0.2, 0.25) is 0 Å². The van der Waals surface area contributed by atoms with Gasteiger partial charge in [-0.1, -0.05) is 84.9 Å². The molecule has 0 N–H and O–H groups in total. The minimum absolute atomic E-state index is 0.255. The molecule has 0 saturated carbocycles. The summed E-state index contributed by atoms with van der Waals surface area (Å²) in [5.74, 6) is 0.474. The molecule has 192 valence electrons. The number of benzene rings is 3. The van der Waals surface area contributed by atoms with Gasteiger partial charge in [0.15, 0.2) is 0 Å². The summed E-state index contributed by atoms with van der Waals surface area (Å²) < 4.78 is 34.1. The van der Waals surface area contributed by atoms with Gasteiger partial charge in [-0.15, -0.1) is 0 Å². The number of para-hydroxylation sites is 1. The van der Waals surface area contributed by atoms with Crippen LogP contribution >= 0.6 is 7.75 Å². The fraction of sp³-hybridized carbons (Fsp3) is 0.233. The second-order valence-electron chi connectivity index (χ2n) is 8.77. The predicted octanol–water partition coefficient (Wildman–Crippen LogP) is 7.26. The lowest BCUT2D eigenvalue weighted by Gasteiger charge is -2.36. The van der Waals surface area contributed by atoms with Crippen molar-refractivity contribution in [3.8, 4) is 5.75 Å². The SMILES string of the molecule is COP(=O)(Oc1ccccc1)N(CCOC(C)(c1ccccc1)c1ccccn1)C(C)c1ccccc1. The van der Waals surface area contributed by atoms with E-state index >= 15 is 0 Å². The maximum Gasteiger partial charge on any atom is 0.461 e. The molecular formula is C30H33N2O4P. The fourth-order valence-electron chi connectivity index (χ4n) is 4.29. The van der Waals surface area contributed by atoms with E-state index in [1.807, 2.05) is 111 Å². The molecule has 0 aliphatic carbocycles. The standard InChI is InChI=1S/C30H33N2O4P/c1-25(26-15-7-4-8-16-26)32(37(33,34-3)36-28-19-11-6-12-20-28)23-24-35-30(2,27-17-9-5-10-18-27)29-21-13-14-22-31-29/h4-22,25H,23-24H2,1-3H3. The van der Waals surface area contributed by atoms with Crippen LogP contribution in [0, 0.1) is 0 Å². The molecule has 6 nitrogen and oxygen atoms in total. The van der Waals surface area contributed by atoms with E-state index in [1.165, 1.54) is 7.11 Å². The highest BCUT2D eigenvalue weighted by Gasteiger charge is 2.39. The van der Waals surface area contributed by atoms with Gasteiger partial charge in [-0.25, -0.2) is 4.57 Å². The van der Waals surface area contributed by atoms with Crippen LogP contribution in [0.5, 0.6) is 5.75 Å². The summed E-state index contributed by atoms with van der Waals surface area (Å²) in [6.07, 6.45) is 1.76. The van der Waals surface area contributed by atoms with Crippen LogP contribution in [0.1, 0.15) is 36.7 Å². The Morgan fingerprint density at radius 3 is 2.05 bits per heavy atom. The number of aromatic nitrogens is 1. The lowest BCUT2D eigenvalue weighted by molar-refractivity contribution is -0.0151. The van der Waals surface area contributed by atoms with E-state index in [2.05, 4.69) is 4.98 Å². The van der Waals surface area contributed by atoms with E-state index in [0.717, 1.165) is 16.8 Å². The summed E-state index contributed by atoms with van der Waals surface area (Å²) >= 11 is 0. The van der Waals surface area contributed by atoms with Gasteiger partial charge in [0.25, 0.3) is 0 Å². The van der Waals surface area contributed by atoms with Crippen LogP contribution < -0.4 is 4.52 Å². The Balaban J connectivity index is 1.63. The molecule has 3 unspecified atom stereocenters. The van der Waals surface area contributed by atoms with Gasteiger partial charge in [0.1, 0.15) is 11.4 Å². The second kappa shape index (κ2) is 12.3. The van der Waals surface area contributed by atoms with E-state index in [-0.39, 0.29) is 12.6 Å². The molecule has 0 amide bonds. The molecular weight excluding hydrogens is 483 g/mol. The van der Waals surface area contributed by atoms with Gasteiger partial charge < -0.3 is 9.26 Å². The Kier molecular flexibility index (Phi) is 8.91. The third-order valence-electron chi connectivity index (χ3n) is 6.43. The summed E-state index contributed by atoms with van der Waals surface area (Å²) in [6, 6.07) is 34.5. The lowest BCUT2D eigenvalue weighted by Crippen LogP contribution is -2.35. The van der Waals surface area contributed by atoms with Crippen molar-refractivity contribution in [1.29, 1.82) is 0 Å². The van der Waals surface area contributed by atoms with Gasteiger partial charge in [0.05, 0.1) is 12.3 Å². The average Bonchev–Trinajstić information content (AvgIpc) is 2.96. The van der Waals surface area contributed by atoms with Crippen LogP contribution in [-0.2, 0) is 19.4 Å². The number of ether oxygens (including phenoxy) is 1. The minimum Gasteiger partial charge on any atom is -0.413 e. The molecule has 4 aromatic rings. The average molecular weight is 517 g/mol. The molecule has 3 aromatic carbocycles. The Hall–Kier alpha value is -3.28. The van der Waals surface area contributed by atoms with Crippen molar-refractivity contribution in [2.24, 2.45) is 0 Å². The van der Waals surface area contributed by atoms with Gasteiger partial charge in [-0.2, -0.15) is 4.67 Å². The molecule has 0 aliphatic heterocycles. The maximum atomic E-state index is 14.2. The molecule has 0 radical (unpaired) electrons. The third-order valence-corrected chi connectivity index (χ3v) is 8.51. The van der Waals surface area contributed by atoms with Crippen LogP contribution in [-0.4, -0.2) is 29.9 Å². The van der Waals surface area contributed by atoms with E-state index in [0.29, 0.717) is 12.3 Å². The largest absolute Gasteiger partial charge is 0.461 e. The van der Waals surface area contributed by atoms with E-state index in [9.17, 15) is 4.57 Å². The molecule has 0 bridgehead atoms.